The average molecular weight is 222 g/mol. The SMILES string of the molecule is C.C.O.O=P(O)(O)OC(CO)CO. The maximum absolute atomic E-state index is 10.0. The van der Waals surface area contributed by atoms with E-state index in [4.69, 9.17) is 20.0 Å². The monoisotopic (exact) mass is 222 g/mol. The molecular weight excluding hydrogens is 203 g/mol. The van der Waals surface area contributed by atoms with Crippen LogP contribution in [0.2, 0.25) is 0 Å². The second-order valence-corrected chi connectivity index (χ2v) is 2.78. The molecule has 0 aliphatic heterocycles. The van der Waals surface area contributed by atoms with Crippen molar-refractivity contribution in [3.8, 4) is 0 Å². The van der Waals surface area contributed by atoms with Gasteiger partial charge >= 0.3 is 7.82 Å². The zero-order chi connectivity index (χ0) is 8.20. The quantitative estimate of drug-likeness (QED) is 0.445. The Balaban J connectivity index is -0.000000135. The molecule has 0 bridgehead atoms. The molecule has 6 N–H and O–H groups in total. The lowest BCUT2D eigenvalue weighted by Gasteiger charge is -2.11. The standard InChI is InChI=1S/C3H9O6P.2CH4.H2O/c4-1-3(2-5)9-10(6,7)8;;;/h3-5H,1-2H2,(H2,6,7,8);2*1H4;1H2. The van der Waals surface area contributed by atoms with Crippen molar-refractivity contribution in [2.24, 2.45) is 0 Å². The number of rotatable bonds is 4. The van der Waals surface area contributed by atoms with Gasteiger partial charge in [-0.15, -0.1) is 0 Å². The van der Waals surface area contributed by atoms with Gasteiger partial charge in [0.25, 0.3) is 0 Å². The molecule has 0 fully saturated rings. The van der Waals surface area contributed by atoms with E-state index in [0.29, 0.717) is 0 Å². The Morgan fingerprint density at radius 1 is 1.15 bits per heavy atom. The Morgan fingerprint density at radius 3 is 1.54 bits per heavy atom. The fourth-order valence-corrected chi connectivity index (χ4v) is 0.840. The van der Waals surface area contributed by atoms with Gasteiger partial charge in [-0.25, -0.2) is 4.57 Å². The maximum atomic E-state index is 10.0. The largest absolute Gasteiger partial charge is 0.470 e. The first-order valence-electron chi connectivity index (χ1n) is 2.45. The summed E-state index contributed by atoms with van der Waals surface area (Å²) in [5.74, 6) is 0. The highest BCUT2D eigenvalue weighted by Gasteiger charge is 2.20. The molecule has 0 saturated heterocycles. The first kappa shape index (κ1) is 23.1. The van der Waals surface area contributed by atoms with E-state index in [1.165, 1.54) is 0 Å². The molecule has 8 heteroatoms. The summed E-state index contributed by atoms with van der Waals surface area (Å²) in [4.78, 5) is 16.2. The van der Waals surface area contributed by atoms with Gasteiger partial charge in [0.05, 0.1) is 13.2 Å². The highest BCUT2D eigenvalue weighted by Crippen LogP contribution is 2.37. The van der Waals surface area contributed by atoms with Gasteiger partial charge in [-0.2, -0.15) is 0 Å². The van der Waals surface area contributed by atoms with Crippen molar-refractivity contribution in [1.29, 1.82) is 0 Å². The van der Waals surface area contributed by atoms with Crippen LogP contribution < -0.4 is 0 Å². The van der Waals surface area contributed by atoms with Crippen LogP contribution in [0.1, 0.15) is 14.9 Å². The molecule has 0 aromatic heterocycles. The first-order chi connectivity index (χ1) is 4.49. The van der Waals surface area contributed by atoms with Gasteiger partial charge in [-0.3, -0.25) is 4.52 Å². The van der Waals surface area contributed by atoms with E-state index in [2.05, 4.69) is 4.52 Å². The van der Waals surface area contributed by atoms with Crippen molar-refractivity contribution >= 4 is 7.82 Å². The van der Waals surface area contributed by atoms with Crippen LogP contribution in [0.4, 0.5) is 0 Å². The number of phosphoric acid groups is 1. The minimum Gasteiger partial charge on any atom is -0.412 e. The molecular formula is C5H19O7P. The van der Waals surface area contributed by atoms with Crippen molar-refractivity contribution in [2.45, 2.75) is 21.0 Å². The van der Waals surface area contributed by atoms with Gasteiger partial charge in [0, 0.05) is 0 Å². The number of aliphatic hydroxyl groups is 2. The second kappa shape index (κ2) is 10.1. The molecule has 0 saturated carbocycles. The Bertz CT molecular complexity index is 129. The van der Waals surface area contributed by atoms with Gasteiger partial charge < -0.3 is 25.5 Å². The van der Waals surface area contributed by atoms with Crippen LogP contribution in [0.5, 0.6) is 0 Å². The minimum atomic E-state index is -4.57. The molecule has 0 aliphatic rings. The first-order valence-corrected chi connectivity index (χ1v) is 3.98. The van der Waals surface area contributed by atoms with E-state index < -0.39 is 27.1 Å². The Morgan fingerprint density at radius 2 is 1.46 bits per heavy atom. The highest BCUT2D eigenvalue weighted by atomic mass is 31.2. The molecule has 0 amide bonds. The summed E-state index contributed by atoms with van der Waals surface area (Å²) >= 11 is 0. The van der Waals surface area contributed by atoms with E-state index in [9.17, 15) is 4.57 Å². The van der Waals surface area contributed by atoms with Crippen molar-refractivity contribution in [3.63, 3.8) is 0 Å². The summed E-state index contributed by atoms with van der Waals surface area (Å²) in [6.07, 6.45) is -1.21. The van der Waals surface area contributed by atoms with Crippen molar-refractivity contribution in [1.82, 2.24) is 0 Å². The molecule has 0 aromatic rings. The third-order valence-electron chi connectivity index (χ3n) is 0.694. The maximum Gasteiger partial charge on any atom is 0.470 e. The van der Waals surface area contributed by atoms with Gasteiger partial charge in [0.2, 0.25) is 0 Å². The predicted molar refractivity (Wildman–Crippen MR) is 48.2 cm³/mol. The van der Waals surface area contributed by atoms with Crippen LogP contribution in [0, 0.1) is 0 Å². The average Bonchev–Trinajstić information content (AvgIpc) is 1.81. The van der Waals surface area contributed by atoms with Crippen LogP contribution in [0.15, 0.2) is 0 Å². The van der Waals surface area contributed by atoms with E-state index in [1.807, 2.05) is 0 Å². The molecule has 0 aromatic carbocycles. The zero-order valence-corrected chi connectivity index (χ0v) is 6.44. The summed E-state index contributed by atoms with van der Waals surface area (Å²) in [5, 5.41) is 16.5. The summed E-state index contributed by atoms with van der Waals surface area (Å²) in [6, 6.07) is 0. The highest BCUT2D eigenvalue weighted by molar-refractivity contribution is 7.46. The third kappa shape index (κ3) is 14.8. The zero-order valence-electron chi connectivity index (χ0n) is 5.54. The fraction of sp³-hybridized carbons (Fsp3) is 1.00. The number of hydrogen-bond acceptors (Lipinski definition) is 4. The smallest absolute Gasteiger partial charge is 0.412 e. The Hall–Kier alpha value is -0.0100. The molecule has 13 heavy (non-hydrogen) atoms. The van der Waals surface area contributed by atoms with Crippen LogP contribution in [0.25, 0.3) is 0 Å². The van der Waals surface area contributed by atoms with Crippen LogP contribution in [-0.4, -0.2) is 44.8 Å². The second-order valence-electron chi connectivity index (χ2n) is 1.58. The third-order valence-corrected chi connectivity index (χ3v) is 1.27. The van der Waals surface area contributed by atoms with Crippen molar-refractivity contribution in [3.05, 3.63) is 0 Å². The van der Waals surface area contributed by atoms with Gasteiger partial charge in [0.1, 0.15) is 6.10 Å². The lowest BCUT2D eigenvalue weighted by molar-refractivity contribution is 0.0391. The summed E-state index contributed by atoms with van der Waals surface area (Å²) in [6.45, 7) is -1.25. The number of phosphoric ester groups is 1. The van der Waals surface area contributed by atoms with Gasteiger partial charge in [-0.1, -0.05) is 14.9 Å². The molecule has 7 nitrogen and oxygen atoms in total. The summed E-state index contributed by atoms with van der Waals surface area (Å²) in [7, 11) is -4.57. The Labute approximate surface area is 77.5 Å². The fourth-order valence-electron chi connectivity index (χ4n) is 0.319. The van der Waals surface area contributed by atoms with Crippen molar-refractivity contribution < 1.29 is 34.6 Å². The molecule has 0 heterocycles. The summed E-state index contributed by atoms with van der Waals surface area (Å²) in [5.41, 5.74) is 0. The van der Waals surface area contributed by atoms with E-state index in [0.717, 1.165) is 0 Å². The topological polar surface area (TPSA) is 139 Å². The molecule has 0 radical (unpaired) electrons. The van der Waals surface area contributed by atoms with Crippen LogP contribution >= 0.6 is 7.82 Å². The molecule has 0 unspecified atom stereocenters. The van der Waals surface area contributed by atoms with Crippen LogP contribution in [-0.2, 0) is 9.09 Å². The number of aliphatic hydroxyl groups excluding tert-OH is 2. The van der Waals surface area contributed by atoms with Gasteiger partial charge in [0.15, 0.2) is 0 Å². The van der Waals surface area contributed by atoms with Crippen molar-refractivity contribution in [2.75, 3.05) is 13.2 Å². The molecule has 0 aliphatic carbocycles. The molecule has 0 rings (SSSR count). The van der Waals surface area contributed by atoms with E-state index in [-0.39, 0.29) is 20.3 Å². The lowest BCUT2D eigenvalue weighted by Crippen LogP contribution is -2.20. The normalized spacial score (nSPS) is 9.62. The number of hydrogen-bond donors (Lipinski definition) is 4. The van der Waals surface area contributed by atoms with Crippen LogP contribution in [0.3, 0.4) is 0 Å². The summed E-state index contributed by atoms with van der Waals surface area (Å²) < 4.78 is 13.9. The van der Waals surface area contributed by atoms with Gasteiger partial charge in [-0.05, 0) is 0 Å². The predicted octanol–water partition coefficient (Wildman–Crippen LogP) is -1.10. The minimum absolute atomic E-state index is 0. The Kier molecular flexibility index (Phi) is 17.9. The molecule has 86 valence electrons. The lowest BCUT2D eigenvalue weighted by atomic mass is 10.4. The molecule has 0 atom stereocenters. The van der Waals surface area contributed by atoms with E-state index in [1.54, 1.807) is 0 Å². The van der Waals surface area contributed by atoms with E-state index >= 15 is 0 Å². The molecule has 0 spiro atoms.